The number of nitrogens with zero attached hydrogens (tertiary/aromatic N) is 2. The third kappa shape index (κ3) is 10.8. The number of aliphatic hydroxyl groups is 2. The zero-order valence-corrected chi connectivity index (χ0v) is 33.8. The minimum absolute atomic E-state index is 0. The molecule has 2 aromatic rings. The van der Waals surface area contributed by atoms with Crippen molar-refractivity contribution in [2.45, 2.75) is 85.0 Å². The number of hydrogen-bond donors (Lipinski definition) is 3. The van der Waals surface area contributed by atoms with Gasteiger partial charge >= 0.3 is 8.25 Å². The van der Waals surface area contributed by atoms with E-state index in [0.29, 0.717) is 19.4 Å². The number of para-hydroxylation sites is 2. The van der Waals surface area contributed by atoms with Gasteiger partial charge in [-0.05, 0) is 57.7 Å². The molecule has 3 N–H and O–H groups in total. The van der Waals surface area contributed by atoms with Gasteiger partial charge in [-0.25, -0.2) is 0 Å². The summed E-state index contributed by atoms with van der Waals surface area (Å²) in [6, 6.07) is 17.4. The van der Waals surface area contributed by atoms with Crippen molar-refractivity contribution in [2.75, 3.05) is 51.0 Å². The number of nitrogens with one attached hydrogen (secondary N) is 1. The van der Waals surface area contributed by atoms with Crippen LogP contribution < -0.4 is 10.2 Å². The molecule has 273 valence electrons. The van der Waals surface area contributed by atoms with E-state index in [1.807, 2.05) is 0 Å². The Kier molecular flexibility index (Phi) is 18.5. The van der Waals surface area contributed by atoms with Crippen LogP contribution in [-0.2, 0) is 61.9 Å². The molecular formula is C39H59N3O6PY+. The molecule has 0 fully saturated rings. The summed E-state index contributed by atoms with van der Waals surface area (Å²) in [5.74, 6) is -0.270. The number of carbonyl (C=O) groups excluding carboxylic acids is 1. The molecule has 0 spiro atoms. The first-order valence-electron chi connectivity index (χ1n) is 17.3. The molecule has 2 aliphatic rings. The van der Waals surface area contributed by atoms with Gasteiger partial charge in [-0.15, -0.1) is 0 Å². The number of aliphatic hydroxyl groups excluding tert-OH is 2. The molecule has 1 amide bonds. The van der Waals surface area contributed by atoms with Gasteiger partial charge in [0.15, 0.2) is 5.71 Å². The molecular weight excluding hydrogens is 726 g/mol. The molecule has 0 aliphatic carbocycles. The van der Waals surface area contributed by atoms with Crippen molar-refractivity contribution in [3.8, 4) is 0 Å². The fourth-order valence-electron chi connectivity index (χ4n) is 6.91. The van der Waals surface area contributed by atoms with Crippen molar-refractivity contribution in [1.29, 1.82) is 0 Å². The number of allylic oxidation sites excluding steroid dienone is 4. The topological polar surface area (TPSA) is 111 Å². The van der Waals surface area contributed by atoms with Gasteiger partial charge in [-0.3, -0.25) is 9.36 Å². The second kappa shape index (κ2) is 20.9. The maximum atomic E-state index is 12.5. The number of fused-ring (bicyclic) bond motifs is 2. The van der Waals surface area contributed by atoms with Crippen LogP contribution in [0.4, 0.5) is 11.4 Å². The standard InChI is InChI=1S/C38H54N3O6P.CH4.Y/c1-6-40-32-17-11-9-15-30(32)37(2,3)34(40)19-14-20-35-38(4,5)31-16-10-12-18-33(31)41(35)24-13-7-8-21-36(44)39-23-22-29(27-43)28-47-48(45)46-26-25-42;;/h9-12,14-20,29,42-43,48H,6-8,13,21-28H2,1-5H3;1H4;/p+1. The zero-order chi connectivity index (χ0) is 34.7. The van der Waals surface area contributed by atoms with Gasteiger partial charge in [-0.2, -0.15) is 4.58 Å². The Morgan fingerprint density at radius 2 is 1.70 bits per heavy atom. The van der Waals surface area contributed by atoms with Gasteiger partial charge in [0.25, 0.3) is 0 Å². The number of hydrogen-bond acceptors (Lipinski definition) is 7. The molecule has 11 heteroatoms. The van der Waals surface area contributed by atoms with Crippen molar-refractivity contribution in [3.05, 3.63) is 83.6 Å². The van der Waals surface area contributed by atoms with Gasteiger partial charge in [0, 0.05) is 106 Å². The molecule has 9 nitrogen and oxygen atoms in total. The van der Waals surface area contributed by atoms with Crippen LogP contribution in [-0.4, -0.2) is 72.5 Å². The Hall–Kier alpha value is -1.97. The number of rotatable bonds is 19. The van der Waals surface area contributed by atoms with Gasteiger partial charge in [0.1, 0.15) is 6.54 Å². The largest absolute Gasteiger partial charge is 0.396 e. The number of likely N-dealkylation sites (N-methyl/N-ethyl adjacent to an activating group) is 1. The Balaban J connectivity index is 0.00000433. The SMILES string of the molecule is C.CCN1C(=CC=CC2=[N+](CCCCCC(=O)NCCC(CO)CO[PH](=O)OCCO)c3ccccc3C2(C)C)C(C)(C)c2ccccc21.[Y]. The minimum atomic E-state index is -2.69. The van der Waals surface area contributed by atoms with Crippen molar-refractivity contribution in [3.63, 3.8) is 0 Å². The van der Waals surface area contributed by atoms with Gasteiger partial charge < -0.3 is 29.5 Å². The summed E-state index contributed by atoms with van der Waals surface area (Å²) in [4.78, 5) is 14.9. The van der Waals surface area contributed by atoms with E-state index in [2.05, 4.69) is 116 Å². The third-order valence-corrected chi connectivity index (χ3v) is 10.4. The fourth-order valence-corrected chi connectivity index (χ4v) is 7.63. The first-order chi connectivity index (χ1) is 23.1. The third-order valence-electron chi connectivity index (χ3n) is 9.59. The second-order valence-corrected chi connectivity index (χ2v) is 14.7. The van der Waals surface area contributed by atoms with Gasteiger partial charge in [0.2, 0.25) is 11.6 Å². The summed E-state index contributed by atoms with van der Waals surface area (Å²) in [6.07, 6.45) is 10.4. The normalized spacial score (nSPS) is 17.7. The molecule has 4 rings (SSSR count). The molecule has 0 aromatic heterocycles. The van der Waals surface area contributed by atoms with Crippen molar-refractivity contribution < 1.29 is 65.9 Å². The summed E-state index contributed by atoms with van der Waals surface area (Å²) in [6.45, 7) is 13.3. The van der Waals surface area contributed by atoms with Crippen molar-refractivity contribution >= 4 is 31.2 Å². The summed E-state index contributed by atoms with van der Waals surface area (Å²) in [5.41, 5.74) is 7.62. The van der Waals surface area contributed by atoms with Crippen molar-refractivity contribution in [1.82, 2.24) is 5.32 Å². The second-order valence-electron chi connectivity index (χ2n) is 13.6. The molecule has 2 atom stereocenters. The molecule has 0 saturated heterocycles. The zero-order valence-electron chi connectivity index (χ0n) is 29.9. The maximum absolute atomic E-state index is 12.5. The maximum Gasteiger partial charge on any atom is 0.319 e. The van der Waals surface area contributed by atoms with Crippen LogP contribution in [0.2, 0.25) is 0 Å². The van der Waals surface area contributed by atoms with E-state index in [1.54, 1.807) is 0 Å². The molecule has 50 heavy (non-hydrogen) atoms. The average molecular weight is 786 g/mol. The van der Waals surface area contributed by atoms with Crippen LogP contribution in [0, 0.1) is 5.92 Å². The number of carbonyl (C=O) groups is 1. The Labute approximate surface area is 326 Å². The predicted octanol–water partition coefficient (Wildman–Crippen LogP) is 7.04. The van der Waals surface area contributed by atoms with Gasteiger partial charge in [0.05, 0.1) is 25.2 Å². The summed E-state index contributed by atoms with van der Waals surface area (Å²) >= 11 is 0. The van der Waals surface area contributed by atoms with Gasteiger partial charge in [-0.1, -0.05) is 63.7 Å². The molecule has 2 aliphatic heterocycles. The monoisotopic (exact) mass is 785 g/mol. The van der Waals surface area contributed by atoms with E-state index in [4.69, 9.17) is 14.2 Å². The van der Waals surface area contributed by atoms with E-state index in [0.717, 1.165) is 32.4 Å². The number of unbranched alkanes of at least 4 members (excludes halogenated alkanes) is 2. The smallest absolute Gasteiger partial charge is 0.319 e. The number of benzene rings is 2. The van der Waals surface area contributed by atoms with Crippen LogP contribution in [0.5, 0.6) is 0 Å². The van der Waals surface area contributed by atoms with Crippen LogP contribution in [0.1, 0.15) is 85.3 Å². The van der Waals surface area contributed by atoms with E-state index >= 15 is 0 Å². The first-order valence-corrected chi connectivity index (χ1v) is 18.6. The van der Waals surface area contributed by atoms with E-state index in [-0.39, 0.29) is 89.2 Å². The average Bonchev–Trinajstić information content (AvgIpc) is 3.43. The van der Waals surface area contributed by atoms with E-state index in [9.17, 15) is 14.5 Å². The first kappa shape index (κ1) is 44.2. The molecule has 0 saturated carbocycles. The number of anilines is 1. The quantitative estimate of drug-likeness (QED) is 0.0797. The summed E-state index contributed by atoms with van der Waals surface area (Å²) < 4.78 is 24.0. The summed E-state index contributed by atoms with van der Waals surface area (Å²) in [7, 11) is -2.69. The van der Waals surface area contributed by atoms with Crippen LogP contribution in [0.3, 0.4) is 0 Å². The Morgan fingerprint density at radius 3 is 2.40 bits per heavy atom. The van der Waals surface area contributed by atoms with E-state index in [1.165, 1.54) is 33.9 Å². The van der Waals surface area contributed by atoms with Crippen LogP contribution in [0.15, 0.2) is 72.5 Å². The minimum Gasteiger partial charge on any atom is -0.396 e. The molecule has 2 heterocycles. The molecule has 1 radical (unpaired) electrons. The van der Waals surface area contributed by atoms with E-state index < -0.39 is 8.25 Å². The molecule has 2 aromatic carbocycles. The predicted molar refractivity (Wildman–Crippen MR) is 200 cm³/mol. The van der Waals surface area contributed by atoms with Crippen LogP contribution in [0.25, 0.3) is 0 Å². The fraction of sp³-hybridized carbons (Fsp3) is 0.538. The Bertz CT molecular complexity index is 1520. The molecule has 2 unspecified atom stereocenters. The van der Waals surface area contributed by atoms with Crippen molar-refractivity contribution in [2.24, 2.45) is 5.92 Å². The Morgan fingerprint density at radius 1 is 1.00 bits per heavy atom. The number of amides is 1. The molecule has 0 bridgehead atoms. The van der Waals surface area contributed by atoms with Crippen LogP contribution >= 0.6 is 8.25 Å². The summed E-state index contributed by atoms with van der Waals surface area (Å²) in [5, 5.41) is 21.2.